The molecular formula is C9H15N. The molecule has 1 heteroatoms. The van der Waals surface area contributed by atoms with Crippen LogP contribution in [0.3, 0.4) is 0 Å². The van der Waals surface area contributed by atoms with Crippen LogP contribution in [0.4, 0.5) is 0 Å². The molecule has 0 N–H and O–H groups in total. The first-order valence-electron chi connectivity index (χ1n) is 4.88. The van der Waals surface area contributed by atoms with E-state index in [2.05, 4.69) is 13.5 Å². The lowest BCUT2D eigenvalue weighted by Gasteiger charge is -2.25. The van der Waals surface area contributed by atoms with E-state index < -0.39 is 6.50 Å². The minimum Gasteiger partial charge on any atom is -0.294 e. The van der Waals surface area contributed by atoms with E-state index >= 15 is 0 Å². The van der Waals surface area contributed by atoms with Gasteiger partial charge in [-0.1, -0.05) is 12.2 Å². The average molecular weight is 139 g/mol. The molecule has 0 aromatic heterocycles. The summed E-state index contributed by atoms with van der Waals surface area (Å²) in [6, 6.07) is 0. The van der Waals surface area contributed by atoms with E-state index in [4.69, 9.17) is 2.74 Å². The van der Waals surface area contributed by atoms with Gasteiger partial charge in [0, 0.05) is 14.8 Å². The summed E-state index contributed by atoms with van der Waals surface area (Å²) in [5.41, 5.74) is 1.25. The van der Waals surface area contributed by atoms with Crippen LogP contribution < -0.4 is 0 Å². The monoisotopic (exact) mass is 139 g/mol. The topological polar surface area (TPSA) is 3.24 Å². The van der Waals surface area contributed by atoms with Gasteiger partial charge in [0.25, 0.3) is 0 Å². The summed E-state index contributed by atoms with van der Waals surface area (Å²) >= 11 is 0. The first-order chi connectivity index (χ1) is 5.44. The molecule has 0 spiro atoms. The Bertz CT molecular complexity index is 237. The maximum absolute atomic E-state index is 7.78. The first kappa shape index (κ1) is 4.55. The van der Waals surface area contributed by atoms with Crippen molar-refractivity contribution in [3.05, 3.63) is 12.2 Å². The fraction of sp³-hybridized carbons (Fsp3) is 0.778. The van der Waals surface area contributed by atoms with Crippen molar-refractivity contribution in [1.82, 2.24) is 4.90 Å². The summed E-state index contributed by atoms with van der Waals surface area (Å²) in [6.45, 7) is 5.75. The Balaban J connectivity index is 2.31. The molecule has 2 fully saturated rings. The van der Waals surface area contributed by atoms with E-state index in [0.717, 1.165) is 19.4 Å². The van der Waals surface area contributed by atoms with Gasteiger partial charge < -0.3 is 0 Å². The molecule has 0 aromatic carbocycles. The highest BCUT2D eigenvalue weighted by Crippen LogP contribution is 2.39. The van der Waals surface area contributed by atoms with Crippen LogP contribution in [0.2, 0.25) is 0 Å². The molecule has 2 heterocycles. The number of rotatable bonds is 0. The maximum atomic E-state index is 7.78. The molecule has 0 unspecified atom stereocenters. The Labute approximate surface area is 65.5 Å². The Kier molecular flexibility index (Phi) is 0.842. The fourth-order valence-electron chi connectivity index (χ4n) is 2.03. The van der Waals surface area contributed by atoms with Crippen LogP contribution in [-0.2, 0) is 0 Å². The summed E-state index contributed by atoms with van der Waals surface area (Å²) in [5, 5.41) is 0. The van der Waals surface area contributed by atoms with Crippen LogP contribution in [0.15, 0.2) is 12.2 Å². The Morgan fingerprint density at radius 2 is 2.60 bits per heavy atom. The fourth-order valence-corrected chi connectivity index (χ4v) is 2.03. The molecule has 0 aromatic rings. The van der Waals surface area contributed by atoms with Crippen molar-refractivity contribution < 1.29 is 2.74 Å². The van der Waals surface area contributed by atoms with E-state index in [1.54, 1.807) is 0 Å². The summed E-state index contributed by atoms with van der Waals surface area (Å²) < 4.78 is 15.6. The molecule has 56 valence electrons. The summed E-state index contributed by atoms with van der Waals surface area (Å²) in [4.78, 5) is 1.97. The highest BCUT2D eigenvalue weighted by molar-refractivity contribution is 5.15. The van der Waals surface area contributed by atoms with Crippen molar-refractivity contribution in [2.45, 2.75) is 31.7 Å². The molecule has 10 heavy (non-hydrogen) atoms. The highest BCUT2D eigenvalue weighted by atomic mass is 15.2. The zero-order chi connectivity index (χ0) is 8.98. The third kappa shape index (κ3) is 0.734. The number of hydrogen-bond acceptors (Lipinski definition) is 1. The van der Waals surface area contributed by atoms with Gasteiger partial charge in [-0.2, -0.15) is 0 Å². The highest BCUT2D eigenvalue weighted by Gasteiger charge is 2.41. The van der Waals surface area contributed by atoms with Gasteiger partial charge in [-0.3, -0.25) is 4.90 Å². The van der Waals surface area contributed by atoms with Gasteiger partial charge in [0.15, 0.2) is 0 Å². The average Bonchev–Trinajstić information content (AvgIpc) is 2.32. The van der Waals surface area contributed by atoms with Gasteiger partial charge in [0.1, 0.15) is 0 Å². The van der Waals surface area contributed by atoms with E-state index in [-0.39, 0.29) is 5.54 Å². The van der Waals surface area contributed by atoms with Crippen LogP contribution >= 0.6 is 0 Å². The smallest absolute Gasteiger partial charge is 0.0431 e. The minimum atomic E-state index is -1.09. The normalized spacial score (nSPS) is 48.7. The molecule has 1 nitrogen and oxygen atoms in total. The predicted octanol–water partition coefficient (Wildman–Crippen LogP) is 1.80. The van der Waals surface area contributed by atoms with Crippen molar-refractivity contribution in [2.75, 3.05) is 13.0 Å². The van der Waals surface area contributed by atoms with E-state index in [1.807, 2.05) is 4.90 Å². The predicted molar refractivity (Wildman–Crippen MR) is 43.0 cm³/mol. The van der Waals surface area contributed by atoms with Gasteiger partial charge in [-0.25, -0.2) is 0 Å². The molecule has 2 rings (SSSR count). The number of fused-ring (bicyclic) bond motifs is 1. The van der Waals surface area contributed by atoms with Gasteiger partial charge in [-0.15, -0.1) is 0 Å². The van der Waals surface area contributed by atoms with Crippen molar-refractivity contribution in [3.8, 4) is 0 Å². The summed E-state index contributed by atoms with van der Waals surface area (Å²) in [7, 11) is 0. The standard InChI is InChI=1S/C9H15N/c1-8-6-9(2)4-3-5-10(9)7-8/h1,3-7H2,2H3/t9-/m0/s1/i5D2. The summed E-state index contributed by atoms with van der Waals surface area (Å²) in [5.74, 6) is 0. The van der Waals surface area contributed by atoms with Crippen molar-refractivity contribution in [1.29, 1.82) is 0 Å². The molecular weight excluding hydrogens is 122 g/mol. The van der Waals surface area contributed by atoms with Crippen molar-refractivity contribution in [2.24, 2.45) is 0 Å². The van der Waals surface area contributed by atoms with Crippen molar-refractivity contribution >= 4 is 0 Å². The lowest BCUT2D eigenvalue weighted by atomic mass is 9.96. The second-order valence-electron chi connectivity index (χ2n) is 3.67. The van der Waals surface area contributed by atoms with Crippen molar-refractivity contribution in [3.63, 3.8) is 0 Å². The zero-order valence-electron chi connectivity index (χ0n) is 8.48. The molecule has 0 saturated carbocycles. The maximum Gasteiger partial charge on any atom is 0.0431 e. The van der Waals surface area contributed by atoms with Gasteiger partial charge in [0.2, 0.25) is 0 Å². The van der Waals surface area contributed by atoms with E-state index in [9.17, 15) is 0 Å². The van der Waals surface area contributed by atoms with Crippen LogP contribution in [0.5, 0.6) is 0 Å². The van der Waals surface area contributed by atoms with Gasteiger partial charge in [-0.05, 0) is 32.7 Å². The largest absolute Gasteiger partial charge is 0.294 e. The van der Waals surface area contributed by atoms with Crippen LogP contribution in [0, 0.1) is 0 Å². The van der Waals surface area contributed by atoms with Gasteiger partial charge in [0.05, 0.1) is 0 Å². The van der Waals surface area contributed by atoms with Crippen LogP contribution in [-0.4, -0.2) is 23.5 Å². The third-order valence-electron chi connectivity index (χ3n) is 2.63. The Morgan fingerprint density at radius 1 is 1.80 bits per heavy atom. The summed E-state index contributed by atoms with van der Waals surface area (Å²) in [6.07, 6.45) is 2.63. The van der Waals surface area contributed by atoms with Crippen LogP contribution in [0.1, 0.15) is 28.9 Å². The Hall–Kier alpha value is -0.300. The van der Waals surface area contributed by atoms with Gasteiger partial charge >= 0.3 is 0 Å². The molecule has 1 atom stereocenters. The van der Waals surface area contributed by atoms with E-state index in [1.165, 1.54) is 5.57 Å². The second-order valence-corrected chi connectivity index (χ2v) is 3.67. The lowest BCUT2D eigenvalue weighted by molar-refractivity contribution is 0.218. The molecule has 2 aliphatic rings. The molecule has 0 aliphatic carbocycles. The first-order valence-corrected chi connectivity index (χ1v) is 3.88. The minimum absolute atomic E-state index is 0.0700. The second kappa shape index (κ2) is 1.85. The van der Waals surface area contributed by atoms with Crippen LogP contribution in [0.25, 0.3) is 0 Å². The molecule has 2 aliphatic heterocycles. The van der Waals surface area contributed by atoms with E-state index in [0.29, 0.717) is 6.42 Å². The third-order valence-corrected chi connectivity index (χ3v) is 2.63. The molecule has 0 radical (unpaired) electrons. The lowest BCUT2D eigenvalue weighted by Crippen LogP contribution is -2.34. The molecule has 2 saturated heterocycles. The zero-order valence-corrected chi connectivity index (χ0v) is 6.48. The quantitative estimate of drug-likeness (QED) is 0.463. The molecule has 0 amide bonds. The molecule has 0 bridgehead atoms. The number of hydrogen-bond donors (Lipinski definition) is 0. The SMILES string of the molecule is [2H]C1([2H])CC[C@@]2(C)CC(=C)CN12. The number of nitrogens with zero attached hydrogens (tertiary/aromatic N) is 1. The Morgan fingerprint density at radius 3 is 3.30 bits per heavy atom.